The molecule has 0 saturated heterocycles. The largest absolute Gasteiger partial charge is 0.239 e. The first-order chi connectivity index (χ1) is 5.60. The van der Waals surface area contributed by atoms with Crippen LogP contribution < -0.4 is 0 Å². The summed E-state index contributed by atoms with van der Waals surface area (Å²) in [7, 11) is 0. The molecule has 0 aromatic heterocycles. The van der Waals surface area contributed by atoms with Crippen LogP contribution in [0.25, 0.3) is 0 Å². The Morgan fingerprint density at radius 3 is 2.17 bits per heavy atom. The van der Waals surface area contributed by atoms with Gasteiger partial charge in [0.15, 0.2) is 0 Å². The van der Waals surface area contributed by atoms with Crippen LogP contribution in [0, 0.1) is 11.3 Å². The average molecular weight is 176 g/mol. The van der Waals surface area contributed by atoms with Gasteiger partial charge in [0.2, 0.25) is 6.43 Å². The summed E-state index contributed by atoms with van der Waals surface area (Å²) in [5.41, 5.74) is 0.00289. The van der Waals surface area contributed by atoms with Gasteiger partial charge in [0, 0.05) is 6.42 Å². The highest BCUT2D eigenvalue weighted by Gasteiger charge is 2.42. The lowest BCUT2D eigenvalue weighted by Gasteiger charge is -2.46. The van der Waals surface area contributed by atoms with Crippen LogP contribution in [0.15, 0.2) is 0 Å². The Kier molecular flexibility index (Phi) is 3.08. The zero-order chi connectivity index (χ0) is 9.19. The number of rotatable bonds is 4. The lowest BCUT2D eigenvalue weighted by molar-refractivity contribution is -0.0184. The molecule has 1 aliphatic carbocycles. The molecule has 0 aromatic carbocycles. The summed E-state index contributed by atoms with van der Waals surface area (Å²) in [6, 6.07) is 0. The zero-order valence-electron chi connectivity index (χ0n) is 7.95. The summed E-state index contributed by atoms with van der Waals surface area (Å²) < 4.78 is 24.5. The highest BCUT2D eigenvalue weighted by molar-refractivity contribution is 4.91. The summed E-state index contributed by atoms with van der Waals surface area (Å²) in [6.07, 6.45) is 2.24. The molecule has 1 atom stereocenters. The Labute approximate surface area is 73.3 Å². The third kappa shape index (κ3) is 1.78. The van der Waals surface area contributed by atoms with E-state index in [1.165, 1.54) is 0 Å². The van der Waals surface area contributed by atoms with E-state index in [0.29, 0.717) is 5.92 Å². The van der Waals surface area contributed by atoms with E-state index in [2.05, 4.69) is 13.8 Å². The molecular weight excluding hydrogens is 158 g/mol. The van der Waals surface area contributed by atoms with Gasteiger partial charge in [-0.25, -0.2) is 8.78 Å². The van der Waals surface area contributed by atoms with Gasteiger partial charge in [-0.1, -0.05) is 26.7 Å². The van der Waals surface area contributed by atoms with Crippen molar-refractivity contribution >= 4 is 0 Å². The van der Waals surface area contributed by atoms with E-state index >= 15 is 0 Å². The van der Waals surface area contributed by atoms with Crippen molar-refractivity contribution in [2.24, 2.45) is 11.3 Å². The Morgan fingerprint density at radius 2 is 1.92 bits per heavy atom. The molecule has 0 nitrogen and oxygen atoms in total. The number of alkyl halides is 2. The Morgan fingerprint density at radius 1 is 1.33 bits per heavy atom. The summed E-state index contributed by atoms with van der Waals surface area (Å²) in [6.45, 7) is 4.21. The van der Waals surface area contributed by atoms with Gasteiger partial charge in [0.25, 0.3) is 0 Å². The quantitative estimate of drug-likeness (QED) is 0.610. The monoisotopic (exact) mass is 176 g/mol. The molecule has 0 aromatic rings. The molecule has 0 radical (unpaired) electrons. The Bertz CT molecular complexity index is 139. The Balaban J connectivity index is 2.50. The van der Waals surface area contributed by atoms with Crippen LogP contribution in [0.3, 0.4) is 0 Å². The number of hydrogen-bond acceptors (Lipinski definition) is 0. The molecule has 72 valence electrons. The first kappa shape index (κ1) is 9.94. The lowest BCUT2D eigenvalue weighted by atomic mass is 9.59. The summed E-state index contributed by atoms with van der Waals surface area (Å²) in [5, 5.41) is 0. The van der Waals surface area contributed by atoms with Crippen molar-refractivity contribution in [2.75, 3.05) is 0 Å². The van der Waals surface area contributed by atoms with E-state index in [1.54, 1.807) is 0 Å². The van der Waals surface area contributed by atoms with Crippen LogP contribution in [-0.4, -0.2) is 6.43 Å². The average Bonchev–Trinajstić information content (AvgIpc) is 1.95. The molecular formula is C10H18F2. The molecule has 0 spiro atoms. The summed E-state index contributed by atoms with van der Waals surface area (Å²) in [4.78, 5) is 0. The van der Waals surface area contributed by atoms with Gasteiger partial charge in [-0.3, -0.25) is 0 Å². The molecule has 1 saturated carbocycles. The van der Waals surface area contributed by atoms with Crippen LogP contribution in [0.4, 0.5) is 8.78 Å². The maximum atomic E-state index is 12.2. The zero-order valence-corrected chi connectivity index (χ0v) is 7.95. The van der Waals surface area contributed by atoms with Crippen molar-refractivity contribution in [1.29, 1.82) is 0 Å². The number of hydrogen-bond donors (Lipinski definition) is 0. The molecule has 1 unspecified atom stereocenters. The third-order valence-electron chi connectivity index (χ3n) is 3.57. The van der Waals surface area contributed by atoms with E-state index in [-0.39, 0.29) is 11.8 Å². The minimum Gasteiger partial charge on any atom is -0.211 e. The van der Waals surface area contributed by atoms with Crippen LogP contribution in [0.1, 0.15) is 46.0 Å². The van der Waals surface area contributed by atoms with Crippen molar-refractivity contribution in [3.63, 3.8) is 0 Å². The second kappa shape index (κ2) is 3.71. The van der Waals surface area contributed by atoms with Gasteiger partial charge >= 0.3 is 0 Å². The normalized spacial score (nSPS) is 23.8. The molecule has 0 bridgehead atoms. The second-order valence-electron chi connectivity index (χ2n) is 4.12. The Hall–Kier alpha value is -0.140. The molecule has 1 aliphatic rings. The fraction of sp³-hybridized carbons (Fsp3) is 1.00. The standard InChI is InChI=1S/C10H18F2/c1-3-8(2)10(5-4-6-10)7-9(11)12/h8-9H,3-7H2,1-2H3. The van der Waals surface area contributed by atoms with E-state index in [1.807, 2.05) is 0 Å². The smallest absolute Gasteiger partial charge is 0.211 e. The maximum Gasteiger partial charge on any atom is 0.239 e. The summed E-state index contributed by atoms with van der Waals surface area (Å²) >= 11 is 0. The van der Waals surface area contributed by atoms with Gasteiger partial charge in [-0.2, -0.15) is 0 Å². The van der Waals surface area contributed by atoms with Gasteiger partial charge in [0.05, 0.1) is 0 Å². The minimum absolute atomic E-state index is 0.00289. The van der Waals surface area contributed by atoms with Crippen LogP contribution in [-0.2, 0) is 0 Å². The van der Waals surface area contributed by atoms with Crippen molar-refractivity contribution in [2.45, 2.75) is 52.4 Å². The van der Waals surface area contributed by atoms with Crippen molar-refractivity contribution in [1.82, 2.24) is 0 Å². The van der Waals surface area contributed by atoms with Gasteiger partial charge < -0.3 is 0 Å². The predicted octanol–water partition coefficient (Wildman–Crippen LogP) is 3.86. The van der Waals surface area contributed by atoms with Crippen LogP contribution >= 0.6 is 0 Å². The SMILES string of the molecule is CCC(C)C1(CC(F)F)CCC1. The molecule has 0 amide bonds. The molecule has 0 heterocycles. The van der Waals surface area contributed by atoms with Gasteiger partial charge in [-0.05, 0) is 24.2 Å². The van der Waals surface area contributed by atoms with Crippen LogP contribution in [0.2, 0.25) is 0 Å². The highest BCUT2D eigenvalue weighted by atomic mass is 19.3. The molecule has 0 aliphatic heterocycles. The minimum atomic E-state index is -2.11. The highest BCUT2D eigenvalue weighted by Crippen LogP contribution is 2.51. The molecule has 0 N–H and O–H groups in total. The first-order valence-corrected chi connectivity index (χ1v) is 4.89. The molecule has 1 rings (SSSR count). The van der Waals surface area contributed by atoms with Gasteiger partial charge in [0.1, 0.15) is 0 Å². The van der Waals surface area contributed by atoms with E-state index in [9.17, 15) is 8.78 Å². The number of halogens is 2. The van der Waals surface area contributed by atoms with Crippen molar-refractivity contribution < 1.29 is 8.78 Å². The van der Waals surface area contributed by atoms with Crippen LogP contribution in [0.5, 0.6) is 0 Å². The van der Waals surface area contributed by atoms with Gasteiger partial charge in [-0.15, -0.1) is 0 Å². The van der Waals surface area contributed by atoms with Crippen molar-refractivity contribution in [3.8, 4) is 0 Å². The fourth-order valence-corrected chi connectivity index (χ4v) is 2.27. The predicted molar refractivity (Wildman–Crippen MR) is 46.4 cm³/mol. The first-order valence-electron chi connectivity index (χ1n) is 4.89. The third-order valence-corrected chi connectivity index (χ3v) is 3.57. The maximum absolute atomic E-state index is 12.2. The van der Waals surface area contributed by atoms with E-state index in [0.717, 1.165) is 25.7 Å². The van der Waals surface area contributed by atoms with Crippen molar-refractivity contribution in [3.05, 3.63) is 0 Å². The molecule has 12 heavy (non-hydrogen) atoms. The molecule has 1 fully saturated rings. The van der Waals surface area contributed by atoms with E-state index < -0.39 is 6.43 Å². The lowest BCUT2D eigenvalue weighted by Crippen LogP contribution is -2.37. The summed E-state index contributed by atoms with van der Waals surface area (Å²) in [5.74, 6) is 0.472. The second-order valence-corrected chi connectivity index (χ2v) is 4.12. The molecule has 2 heteroatoms. The topological polar surface area (TPSA) is 0 Å². The fourth-order valence-electron chi connectivity index (χ4n) is 2.27. The van der Waals surface area contributed by atoms with E-state index in [4.69, 9.17) is 0 Å².